The first-order valence-electron chi connectivity index (χ1n) is 12.2. The Hall–Kier alpha value is -3.26. The molecule has 1 aliphatic rings. The maximum Gasteiger partial charge on any atom is 0.252 e. The minimum absolute atomic E-state index is 0.0438. The van der Waals surface area contributed by atoms with Gasteiger partial charge in [-0.05, 0) is 63.4 Å². The minimum Gasteiger partial charge on any atom is -0.494 e. The van der Waals surface area contributed by atoms with E-state index in [-0.39, 0.29) is 17.8 Å². The molecule has 1 saturated heterocycles. The average Bonchev–Trinajstić information content (AvgIpc) is 2.86. The van der Waals surface area contributed by atoms with Crippen molar-refractivity contribution >= 4 is 22.6 Å². The number of carbonyl (C=O) groups excluding carboxylic acids is 1. The molecule has 1 amide bonds. The summed E-state index contributed by atoms with van der Waals surface area (Å²) in [5, 5.41) is 3.52. The number of nitrogens with zero attached hydrogens (tertiary/aromatic N) is 2. The summed E-state index contributed by atoms with van der Waals surface area (Å²) in [5.74, 6) is 0.200. The lowest BCUT2D eigenvalue weighted by Crippen LogP contribution is -2.44. The van der Waals surface area contributed by atoms with Crippen LogP contribution < -0.4 is 15.0 Å². The van der Waals surface area contributed by atoms with E-state index in [1.807, 2.05) is 24.3 Å². The number of pyridine rings is 1. The number of halogens is 2. The van der Waals surface area contributed by atoms with Crippen LogP contribution in [0, 0.1) is 5.82 Å². The zero-order valence-corrected chi connectivity index (χ0v) is 21.2. The summed E-state index contributed by atoms with van der Waals surface area (Å²) in [5.41, 5.74) is 0.410. The summed E-state index contributed by atoms with van der Waals surface area (Å²) in [6, 6.07) is 13.5. The van der Waals surface area contributed by atoms with Crippen molar-refractivity contribution in [3.63, 3.8) is 0 Å². The standard InChI is InChI=1S/C28H33F2N3O3/c1-18(28(2,3)30)31-27(34)22-16-26(32-24-8-6-5-7-21(22)24)33-13-11-20(12-14-33)36-17-19-9-10-25(35-4)23(29)15-19/h5-10,15-16,18,20H,11-14,17H2,1-4H3,(H,31,34)/t18-/m1/s1. The Bertz CT molecular complexity index is 1220. The molecule has 4 rings (SSSR count). The molecule has 1 aromatic heterocycles. The van der Waals surface area contributed by atoms with Gasteiger partial charge < -0.3 is 19.7 Å². The summed E-state index contributed by atoms with van der Waals surface area (Å²) in [4.78, 5) is 20.0. The Balaban J connectivity index is 1.44. The molecule has 1 atom stereocenters. The van der Waals surface area contributed by atoms with Gasteiger partial charge in [0.25, 0.3) is 5.91 Å². The molecule has 3 aromatic rings. The van der Waals surface area contributed by atoms with Gasteiger partial charge >= 0.3 is 0 Å². The molecule has 0 spiro atoms. The Morgan fingerprint density at radius 2 is 1.92 bits per heavy atom. The second-order valence-electron chi connectivity index (χ2n) is 9.77. The number of amides is 1. The molecule has 6 nitrogen and oxygen atoms in total. The summed E-state index contributed by atoms with van der Waals surface area (Å²) in [6.45, 7) is 6.31. The fourth-order valence-electron chi connectivity index (χ4n) is 4.22. The SMILES string of the molecule is COc1ccc(COC2CCN(c3cc(C(=O)N[C@H](C)C(C)(C)F)c4ccccc4n3)CC2)cc1F. The molecule has 1 aliphatic heterocycles. The lowest BCUT2D eigenvalue weighted by atomic mass is 10.0. The third-order valence-corrected chi connectivity index (χ3v) is 6.79. The van der Waals surface area contributed by atoms with Crippen LogP contribution in [-0.2, 0) is 11.3 Å². The van der Waals surface area contributed by atoms with Gasteiger partial charge in [-0.3, -0.25) is 4.79 Å². The van der Waals surface area contributed by atoms with Gasteiger partial charge in [0.05, 0.1) is 36.9 Å². The number of hydrogen-bond acceptors (Lipinski definition) is 5. The molecule has 0 radical (unpaired) electrons. The van der Waals surface area contributed by atoms with Crippen LogP contribution in [0.2, 0.25) is 0 Å². The highest BCUT2D eigenvalue weighted by Gasteiger charge is 2.28. The quantitative estimate of drug-likeness (QED) is 0.449. The number of alkyl halides is 1. The van der Waals surface area contributed by atoms with Crippen molar-refractivity contribution in [1.29, 1.82) is 0 Å². The number of anilines is 1. The number of aromatic nitrogens is 1. The van der Waals surface area contributed by atoms with Crippen molar-refractivity contribution in [2.24, 2.45) is 0 Å². The molecule has 0 unspecified atom stereocenters. The van der Waals surface area contributed by atoms with Crippen LogP contribution in [0.3, 0.4) is 0 Å². The first-order valence-corrected chi connectivity index (χ1v) is 12.2. The van der Waals surface area contributed by atoms with Crippen LogP contribution in [-0.4, -0.2) is 48.9 Å². The smallest absolute Gasteiger partial charge is 0.252 e. The van der Waals surface area contributed by atoms with E-state index in [0.29, 0.717) is 36.6 Å². The molecule has 0 saturated carbocycles. The summed E-state index contributed by atoms with van der Waals surface area (Å²) in [7, 11) is 1.44. The van der Waals surface area contributed by atoms with Crippen LogP contribution >= 0.6 is 0 Å². The molecule has 1 N–H and O–H groups in total. The highest BCUT2D eigenvalue weighted by Crippen LogP contribution is 2.27. The van der Waals surface area contributed by atoms with Crippen molar-refractivity contribution < 1.29 is 23.0 Å². The average molecular weight is 498 g/mol. The van der Waals surface area contributed by atoms with Crippen molar-refractivity contribution in [2.75, 3.05) is 25.1 Å². The Labute approximate surface area is 210 Å². The van der Waals surface area contributed by atoms with Gasteiger partial charge in [-0.25, -0.2) is 13.8 Å². The van der Waals surface area contributed by atoms with E-state index < -0.39 is 17.5 Å². The maximum atomic E-state index is 14.3. The largest absolute Gasteiger partial charge is 0.494 e. The number of ether oxygens (including phenoxy) is 2. The first kappa shape index (κ1) is 25.8. The topological polar surface area (TPSA) is 63.7 Å². The number of para-hydroxylation sites is 1. The Kier molecular flexibility index (Phi) is 7.73. The lowest BCUT2D eigenvalue weighted by molar-refractivity contribution is 0.0249. The van der Waals surface area contributed by atoms with Gasteiger partial charge in [0, 0.05) is 18.5 Å². The van der Waals surface area contributed by atoms with Crippen LogP contribution in [0.15, 0.2) is 48.5 Å². The van der Waals surface area contributed by atoms with Gasteiger partial charge in [-0.15, -0.1) is 0 Å². The maximum absolute atomic E-state index is 14.3. The molecule has 0 bridgehead atoms. The summed E-state index contributed by atoms with van der Waals surface area (Å²) < 4.78 is 39.3. The highest BCUT2D eigenvalue weighted by molar-refractivity contribution is 6.07. The number of hydrogen-bond donors (Lipinski definition) is 1. The zero-order valence-electron chi connectivity index (χ0n) is 21.2. The fraction of sp³-hybridized carbons (Fsp3) is 0.429. The predicted octanol–water partition coefficient (Wildman–Crippen LogP) is 5.43. The second-order valence-corrected chi connectivity index (χ2v) is 9.77. The van der Waals surface area contributed by atoms with Crippen molar-refractivity contribution in [2.45, 2.75) is 58.0 Å². The molecular formula is C28H33F2N3O3. The second kappa shape index (κ2) is 10.8. The normalized spacial score (nSPS) is 15.7. The van der Waals surface area contributed by atoms with E-state index in [1.54, 1.807) is 25.1 Å². The molecule has 8 heteroatoms. The number of piperidine rings is 1. The molecule has 36 heavy (non-hydrogen) atoms. The van der Waals surface area contributed by atoms with Crippen LogP contribution in [0.5, 0.6) is 5.75 Å². The minimum atomic E-state index is -1.54. The van der Waals surface area contributed by atoms with E-state index in [1.165, 1.54) is 27.0 Å². The monoisotopic (exact) mass is 497 g/mol. The Morgan fingerprint density at radius 1 is 1.19 bits per heavy atom. The van der Waals surface area contributed by atoms with Crippen LogP contribution in [0.1, 0.15) is 49.5 Å². The number of rotatable bonds is 8. The molecule has 0 aliphatic carbocycles. The zero-order chi connectivity index (χ0) is 25.9. The molecular weight excluding hydrogens is 464 g/mol. The van der Waals surface area contributed by atoms with E-state index in [4.69, 9.17) is 14.5 Å². The number of benzene rings is 2. The lowest BCUT2D eigenvalue weighted by Gasteiger charge is -2.33. The van der Waals surface area contributed by atoms with Crippen molar-refractivity contribution in [3.05, 3.63) is 65.5 Å². The van der Waals surface area contributed by atoms with Gasteiger partial charge in [0.15, 0.2) is 11.6 Å². The number of nitrogens with one attached hydrogen (secondary N) is 1. The number of fused-ring (bicyclic) bond motifs is 1. The van der Waals surface area contributed by atoms with Crippen LogP contribution in [0.25, 0.3) is 10.9 Å². The number of methoxy groups -OCH3 is 1. The van der Waals surface area contributed by atoms with E-state index >= 15 is 0 Å². The summed E-state index contributed by atoms with van der Waals surface area (Å²) >= 11 is 0. The van der Waals surface area contributed by atoms with Gasteiger partial charge in [0.1, 0.15) is 11.5 Å². The molecule has 192 valence electrons. The van der Waals surface area contributed by atoms with Gasteiger partial charge in [0.2, 0.25) is 0 Å². The molecule has 1 fully saturated rings. The van der Waals surface area contributed by atoms with Crippen LogP contribution in [0.4, 0.5) is 14.6 Å². The summed E-state index contributed by atoms with van der Waals surface area (Å²) in [6.07, 6.45) is 1.60. The van der Waals surface area contributed by atoms with Gasteiger partial charge in [-0.2, -0.15) is 0 Å². The van der Waals surface area contributed by atoms with Gasteiger partial charge in [-0.1, -0.05) is 24.3 Å². The Morgan fingerprint density at radius 3 is 2.58 bits per heavy atom. The number of carbonyl (C=O) groups is 1. The third kappa shape index (κ3) is 5.93. The third-order valence-electron chi connectivity index (χ3n) is 6.79. The molecule has 2 heterocycles. The van der Waals surface area contributed by atoms with E-state index in [9.17, 15) is 13.6 Å². The van der Waals surface area contributed by atoms with E-state index in [2.05, 4.69) is 10.2 Å². The van der Waals surface area contributed by atoms with Crippen molar-refractivity contribution in [1.82, 2.24) is 10.3 Å². The highest BCUT2D eigenvalue weighted by atomic mass is 19.1. The first-order chi connectivity index (χ1) is 17.2. The predicted molar refractivity (Wildman–Crippen MR) is 137 cm³/mol. The molecule has 2 aromatic carbocycles. The van der Waals surface area contributed by atoms with E-state index in [0.717, 1.165) is 23.8 Å². The fourth-order valence-corrected chi connectivity index (χ4v) is 4.22. The van der Waals surface area contributed by atoms with Crippen molar-refractivity contribution in [3.8, 4) is 5.75 Å².